The van der Waals surface area contributed by atoms with Crippen LogP contribution in [-0.2, 0) is 28.9 Å². The number of hydrogen-bond acceptors (Lipinski definition) is 6. The van der Waals surface area contributed by atoms with Gasteiger partial charge in [-0.15, -0.1) is 0 Å². The molecule has 0 bridgehead atoms. The number of rotatable bonds is 7. The van der Waals surface area contributed by atoms with Crippen LogP contribution in [0.4, 0.5) is 0 Å². The fourth-order valence-corrected chi connectivity index (χ4v) is 4.03. The molecule has 1 unspecified atom stereocenters. The minimum absolute atomic E-state index is 0.0561. The van der Waals surface area contributed by atoms with Gasteiger partial charge in [0.05, 0.1) is 24.7 Å². The second-order valence-corrected chi connectivity index (χ2v) is 7.48. The minimum Gasteiger partial charge on any atom is -0.383 e. The Morgan fingerprint density at radius 3 is 2.05 bits per heavy atom. The van der Waals surface area contributed by atoms with Gasteiger partial charge in [-0.2, -0.15) is 0 Å². The Morgan fingerprint density at radius 2 is 1.64 bits per heavy atom. The number of nitrogens with zero attached hydrogens (tertiary/aromatic N) is 2. The Bertz CT molecular complexity index is 485. The monoisotopic (exact) mass is 336 g/mol. The van der Waals surface area contributed by atoms with E-state index < -0.39 is 27.7 Å². The summed E-state index contributed by atoms with van der Waals surface area (Å²) < 4.78 is 32.8. The van der Waals surface area contributed by atoms with Crippen molar-refractivity contribution in [1.82, 2.24) is 9.80 Å². The van der Waals surface area contributed by atoms with Gasteiger partial charge in [-0.1, -0.05) is 0 Å². The van der Waals surface area contributed by atoms with Crippen LogP contribution in [0, 0.1) is 0 Å². The number of sulfone groups is 1. The predicted molar refractivity (Wildman–Crippen MR) is 80.2 cm³/mol. The van der Waals surface area contributed by atoms with E-state index in [0.717, 1.165) is 0 Å². The molecular formula is C13H24N2O6S. The van der Waals surface area contributed by atoms with E-state index in [9.17, 15) is 18.0 Å². The van der Waals surface area contributed by atoms with Gasteiger partial charge in [-0.05, 0) is 6.42 Å². The van der Waals surface area contributed by atoms with Crippen molar-refractivity contribution in [3.8, 4) is 0 Å². The summed E-state index contributed by atoms with van der Waals surface area (Å²) in [5, 5.41) is 0. The van der Waals surface area contributed by atoms with Crippen molar-refractivity contribution in [1.29, 1.82) is 0 Å². The summed E-state index contributed by atoms with van der Waals surface area (Å²) in [7, 11) is 1.38. The number of carbonyl (C=O) groups excluding carboxylic acids is 2. The van der Waals surface area contributed by atoms with Crippen LogP contribution in [0.25, 0.3) is 0 Å². The lowest BCUT2D eigenvalue weighted by molar-refractivity contribution is -0.152. The summed E-state index contributed by atoms with van der Waals surface area (Å²) in [6.07, 6.45) is 0.369. The molecule has 1 aliphatic heterocycles. The van der Waals surface area contributed by atoms with Gasteiger partial charge in [-0.25, -0.2) is 8.42 Å². The Kier molecular flexibility index (Phi) is 7.24. The second-order valence-electron chi connectivity index (χ2n) is 5.25. The van der Waals surface area contributed by atoms with Gasteiger partial charge in [0.25, 0.3) is 0 Å². The molecule has 0 aliphatic carbocycles. The van der Waals surface area contributed by atoms with E-state index >= 15 is 0 Å². The normalized spacial score (nSPS) is 19.9. The van der Waals surface area contributed by atoms with Gasteiger partial charge >= 0.3 is 11.8 Å². The molecule has 1 rings (SSSR count). The highest BCUT2D eigenvalue weighted by atomic mass is 32.2. The van der Waals surface area contributed by atoms with Crippen LogP contribution in [0.15, 0.2) is 0 Å². The number of methoxy groups -OCH3 is 2. The summed E-state index contributed by atoms with van der Waals surface area (Å²) in [6.45, 7) is 1.18. The number of carbonyl (C=O) groups is 2. The molecule has 0 N–H and O–H groups in total. The van der Waals surface area contributed by atoms with E-state index in [1.807, 2.05) is 0 Å². The van der Waals surface area contributed by atoms with E-state index in [4.69, 9.17) is 9.47 Å². The first-order valence-electron chi connectivity index (χ1n) is 7.06. The third-order valence-corrected chi connectivity index (χ3v) is 5.43. The molecule has 9 heteroatoms. The molecule has 1 fully saturated rings. The number of amides is 2. The van der Waals surface area contributed by atoms with Crippen LogP contribution < -0.4 is 0 Å². The molecule has 0 aromatic carbocycles. The zero-order valence-corrected chi connectivity index (χ0v) is 14.1. The van der Waals surface area contributed by atoms with Crippen molar-refractivity contribution in [3.05, 3.63) is 0 Å². The third-order valence-electron chi connectivity index (χ3n) is 3.68. The summed E-state index contributed by atoms with van der Waals surface area (Å²) >= 11 is 0. The van der Waals surface area contributed by atoms with E-state index in [1.54, 1.807) is 0 Å². The van der Waals surface area contributed by atoms with Gasteiger partial charge in [0.2, 0.25) is 0 Å². The molecule has 22 heavy (non-hydrogen) atoms. The standard InChI is InChI=1S/C13H24N2O6S/c1-14(11-4-9-22(18,19)10-11)12(16)13(17)15(5-7-20-2)6-8-21-3/h11H,4-10H2,1-3H3. The number of ether oxygens (including phenoxy) is 2. The van der Waals surface area contributed by atoms with Crippen LogP contribution >= 0.6 is 0 Å². The van der Waals surface area contributed by atoms with Crippen molar-refractivity contribution >= 4 is 21.7 Å². The van der Waals surface area contributed by atoms with Crippen LogP contribution in [0.5, 0.6) is 0 Å². The highest BCUT2D eigenvalue weighted by Gasteiger charge is 2.35. The van der Waals surface area contributed by atoms with Crippen LogP contribution in [0.3, 0.4) is 0 Å². The van der Waals surface area contributed by atoms with E-state index in [2.05, 4.69) is 0 Å². The highest BCUT2D eigenvalue weighted by molar-refractivity contribution is 7.91. The topological polar surface area (TPSA) is 93.2 Å². The fraction of sp³-hybridized carbons (Fsp3) is 0.846. The summed E-state index contributed by atoms with van der Waals surface area (Å²) in [5.74, 6) is -1.39. The first-order valence-corrected chi connectivity index (χ1v) is 8.89. The van der Waals surface area contributed by atoms with Gasteiger partial charge in [0, 0.05) is 40.4 Å². The van der Waals surface area contributed by atoms with Crippen molar-refractivity contribution in [2.75, 3.05) is 59.1 Å². The predicted octanol–water partition coefficient (Wildman–Crippen LogP) is -1.25. The minimum atomic E-state index is -3.11. The van der Waals surface area contributed by atoms with Crippen molar-refractivity contribution in [2.45, 2.75) is 12.5 Å². The largest absolute Gasteiger partial charge is 0.383 e. The van der Waals surface area contributed by atoms with Crippen LogP contribution in [0.2, 0.25) is 0 Å². The van der Waals surface area contributed by atoms with Crippen molar-refractivity contribution < 1.29 is 27.5 Å². The zero-order valence-electron chi connectivity index (χ0n) is 13.3. The van der Waals surface area contributed by atoms with Gasteiger partial charge in [0.15, 0.2) is 9.84 Å². The zero-order chi connectivity index (χ0) is 16.8. The summed E-state index contributed by atoms with van der Waals surface area (Å²) in [5.41, 5.74) is 0. The molecule has 1 saturated heterocycles. The highest BCUT2D eigenvalue weighted by Crippen LogP contribution is 2.17. The smallest absolute Gasteiger partial charge is 0.312 e. The molecule has 8 nitrogen and oxygen atoms in total. The number of hydrogen-bond donors (Lipinski definition) is 0. The SMILES string of the molecule is COCCN(CCOC)C(=O)C(=O)N(C)C1CCS(=O)(=O)C1. The Labute approximate surface area is 131 Å². The molecule has 2 amide bonds. The average Bonchev–Trinajstić information content (AvgIpc) is 2.85. The molecule has 0 spiro atoms. The first-order chi connectivity index (χ1) is 10.3. The van der Waals surface area contributed by atoms with Crippen molar-refractivity contribution in [2.24, 2.45) is 0 Å². The molecule has 1 heterocycles. The van der Waals surface area contributed by atoms with Gasteiger partial charge in [-0.3, -0.25) is 9.59 Å². The molecule has 128 valence electrons. The maximum absolute atomic E-state index is 12.3. The van der Waals surface area contributed by atoms with Crippen LogP contribution in [-0.4, -0.2) is 95.2 Å². The van der Waals surface area contributed by atoms with Gasteiger partial charge < -0.3 is 19.3 Å². The van der Waals surface area contributed by atoms with E-state index in [-0.39, 0.29) is 24.6 Å². The fourth-order valence-electron chi connectivity index (χ4n) is 2.25. The lowest BCUT2D eigenvalue weighted by atomic mass is 10.2. The molecule has 0 aromatic heterocycles. The summed E-state index contributed by atoms with van der Waals surface area (Å²) in [4.78, 5) is 27.1. The maximum Gasteiger partial charge on any atom is 0.312 e. The maximum atomic E-state index is 12.3. The van der Waals surface area contributed by atoms with E-state index in [1.165, 1.54) is 31.1 Å². The van der Waals surface area contributed by atoms with E-state index in [0.29, 0.717) is 19.6 Å². The second kappa shape index (κ2) is 8.44. The molecule has 1 aliphatic rings. The molecule has 0 aromatic rings. The van der Waals surface area contributed by atoms with Crippen LogP contribution in [0.1, 0.15) is 6.42 Å². The molecule has 0 radical (unpaired) electrons. The van der Waals surface area contributed by atoms with Crippen molar-refractivity contribution in [3.63, 3.8) is 0 Å². The average molecular weight is 336 g/mol. The quantitative estimate of drug-likeness (QED) is 0.540. The molecular weight excluding hydrogens is 312 g/mol. The Hall–Kier alpha value is -1.19. The lowest BCUT2D eigenvalue weighted by Gasteiger charge is -2.27. The lowest BCUT2D eigenvalue weighted by Crippen LogP contribution is -2.49. The Balaban J connectivity index is 2.68. The Morgan fingerprint density at radius 1 is 1.09 bits per heavy atom. The summed E-state index contributed by atoms with van der Waals surface area (Å²) in [6, 6.07) is -0.437. The number of likely N-dealkylation sites (N-methyl/N-ethyl adjacent to an activating group) is 1. The van der Waals surface area contributed by atoms with Gasteiger partial charge in [0.1, 0.15) is 0 Å². The third kappa shape index (κ3) is 5.22. The first kappa shape index (κ1) is 18.9. The molecule has 0 saturated carbocycles. The molecule has 1 atom stereocenters.